The molecule has 0 saturated carbocycles. The number of ether oxygens (including phenoxy) is 2. The van der Waals surface area contributed by atoms with Gasteiger partial charge in [-0.2, -0.15) is 0 Å². The van der Waals surface area contributed by atoms with Gasteiger partial charge in [-0.15, -0.1) is 0 Å². The van der Waals surface area contributed by atoms with Gasteiger partial charge in [-0.25, -0.2) is 9.78 Å². The fraction of sp³-hybridized carbons (Fsp3) is 0.400. The van der Waals surface area contributed by atoms with Gasteiger partial charge in [0, 0.05) is 19.0 Å². The number of carbonyl (C=O) groups excluding carboxylic acids is 5. The van der Waals surface area contributed by atoms with E-state index in [1.54, 1.807) is 47.9 Å². The zero-order valence-electron chi connectivity index (χ0n) is 35.4. The molecule has 0 unspecified atom stereocenters. The molecule has 3 aromatic carbocycles. The maximum atomic E-state index is 14.2. The smallest absolute Gasteiger partial charge is 0.408 e. The first-order chi connectivity index (χ1) is 28.1. The molecule has 5 N–H and O–H groups in total. The van der Waals surface area contributed by atoms with Crippen LogP contribution >= 0.6 is 0 Å². The monoisotopic (exact) mass is 824 g/mol. The van der Waals surface area contributed by atoms with Crippen molar-refractivity contribution < 1.29 is 43.3 Å². The molecule has 1 aromatic heterocycles. The number of nitrogens with one attached hydrogen (secondary N) is 4. The lowest BCUT2D eigenvalue weighted by Gasteiger charge is -2.37. The van der Waals surface area contributed by atoms with E-state index in [1.165, 1.54) is 13.8 Å². The highest BCUT2D eigenvalue weighted by atomic mass is 16.6. The van der Waals surface area contributed by atoms with E-state index in [2.05, 4.69) is 21.3 Å². The first-order valence-corrected chi connectivity index (χ1v) is 19.6. The average Bonchev–Trinajstić information content (AvgIpc) is 3.63. The van der Waals surface area contributed by atoms with Crippen LogP contribution < -0.4 is 21.3 Å². The van der Waals surface area contributed by atoms with E-state index in [4.69, 9.17) is 19.6 Å². The van der Waals surface area contributed by atoms with Gasteiger partial charge in [0.15, 0.2) is 0 Å². The highest BCUT2D eigenvalue weighted by molar-refractivity contribution is 5.96. The maximum absolute atomic E-state index is 14.2. The van der Waals surface area contributed by atoms with Gasteiger partial charge in [0.05, 0.1) is 12.0 Å². The summed E-state index contributed by atoms with van der Waals surface area (Å²) >= 11 is 0. The number of aliphatic carboxylic acids is 1. The molecule has 15 nitrogen and oxygen atoms in total. The van der Waals surface area contributed by atoms with Gasteiger partial charge >= 0.3 is 18.0 Å². The Morgan fingerprint density at radius 1 is 0.683 bits per heavy atom. The van der Waals surface area contributed by atoms with Crippen LogP contribution in [0.4, 0.5) is 4.79 Å². The molecule has 0 bridgehead atoms. The second-order valence-corrected chi connectivity index (χ2v) is 16.9. The van der Waals surface area contributed by atoms with Gasteiger partial charge in [-0.05, 0) is 78.5 Å². The molecule has 4 rings (SSSR count). The van der Waals surface area contributed by atoms with Crippen molar-refractivity contribution in [3.8, 4) is 0 Å². The summed E-state index contributed by atoms with van der Waals surface area (Å²) < 4.78 is 12.8. The number of hydrogen-bond donors (Lipinski definition) is 5. The molecular weight excluding hydrogens is 769 g/mol. The van der Waals surface area contributed by atoms with Crippen LogP contribution in [0.2, 0.25) is 0 Å². The molecule has 0 saturated heterocycles. The second-order valence-electron chi connectivity index (χ2n) is 16.9. The van der Waals surface area contributed by atoms with Crippen molar-refractivity contribution in [2.45, 2.75) is 109 Å². The van der Waals surface area contributed by atoms with Gasteiger partial charge in [0.25, 0.3) is 0 Å². The van der Waals surface area contributed by atoms with E-state index in [0.717, 1.165) is 16.7 Å². The Hall–Kier alpha value is -6.51. The van der Waals surface area contributed by atoms with E-state index in [1.807, 2.05) is 102 Å². The predicted octanol–water partition coefficient (Wildman–Crippen LogP) is 4.86. The zero-order chi connectivity index (χ0) is 44.3. The van der Waals surface area contributed by atoms with Crippen molar-refractivity contribution >= 4 is 35.8 Å². The van der Waals surface area contributed by atoms with Gasteiger partial charge in [0.2, 0.25) is 17.7 Å². The van der Waals surface area contributed by atoms with Crippen LogP contribution in [-0.4, -0.2) is 85.8 Å². The topological polar surface area (TPSA) is 207 Å². The number of esters is 1. The molecule has 2 atom stereocenters. The molecule has 0 aliphatic rings. The van der Waals surface area contributed by atoms with E-state index >= 15 is 0 Å². The molecule has 1 heterocycles. The Morgan fingerprint density at radius 2 is 1.18 bits per heavy atom. The summed E-state index contributed by atoms with van der Waals surface area (Å²) in [4.78, 5) is 82.5. The van der Waals surface area contributed by atoms with Crippen LogP contribution in [0.3, 0.4) is 0 Å². The van der Waals surface area contributed by atoms with E-state index in [0.29, 0.717) is 5.69 Å². The summed E-state index contributed by atoms with van der Waals surface area (Å²) in [5.41, 5.74) is -1.04. The largest absolute Gasteiger partial charge is 0.480 e. The SMILES string of the molecule is CC(C)(C)OC(=O)CC[C@H](NC(=O)C(C)(C)NC(=O)[C@H](Cc1cn(C(c2ccccc2)(c2ccccc2)c2ccccc2)cn1)NC(=O)OC(C)(C)C)C(=O)NCC(=O)O. The quantitative estimate of drug-likeness (QED) is 0.0722. The molecule has 0 radical (unpaired) electrons. The van der Waals surface area contributed by atoms with Crippen molar-refractivity contribution in [1.29, 1.82) is 0 Å². The third-order valence-electron chi connectivity index (χ3n) is 9.11. The van der Waals surface area contributed by atoms with E-state index in [9.17, 15) is 28.8 Å². The molecule has 320 valence electrons. The van der Waals surface area contributed by atoms with E-state index < -0.39 is 76.7 Å². The summed E-state index contributed by atoms with van der Waals surface area (Å²) in [7, 11) is 0. The summed E-state index contributed by atoms with van der Waals surface area (Å²) in [6.07, 6.45) is 1.98. The third-order valence-corrected chi connectivity index (χ3v) is 9.11. The molecule has 4 aromatic rings. The number of nitrogens with zero attached hydrogens (tertiary/aromatic N) is 2. The Morgan fingerprint density at radius 3 is 1.65 bits per heavy atom. The molecule has 15 heteroatoms. The molecule has 0 aliphatic carbocycles. The normalized spacial score (nSPS) is 12.9. The summed E-state index contributed by atoms with van der Waals surface area (Å²) in [5, 5.41) is 19.2. The first-order valence-electron chi connectivity index (χ1n) is 19.6. The maximum Gasteiger partial charge on any atom is 0.408 e. The van der Waals surface area contributed by atoms with Gasteiger partial charge in [-0.3, -0.25) is 24.0 Å². The number of carbonyl (C=O) groups is 6. The van der Waals surface area contributed by atoms with Crippen molar-refractivity contribution in [1.82, 2.24) is 30.8 Å². The summed E-state index contributed by atoms with van der Waals surface area (Å²) in [5.74, 6) is -4.39. The molecular formula is C45H56N6O9. The third kappa shape index (κ3) is 12.7. The van der Waals surface area contributed by atoms with Crippen LogP contribution in [0, 0.1) is 0 Å². The minimum atomic E-state index is -1.70. The van der Waals surface area contributed by atoms with E-state index in [-0.39, 0.29) is 19.3 Å². The number of carboxylic acid groups (broad SMARTS) is 1. The second kappa shape index (κ2) is 19.5. The number of benzene rings is 3. The van der Waals surface area contributed by atoms with Crippen molar-refractivity contribution in [2.24, 2.45) is 0 Å². The van der Waals surface area contributed by atoms with Crippen LogP contribution in [-0.2, 0) is 45.4 Å². The van der Waals surface area contributed by atoms with Gasteiger partial charge < -0.3 is 40.4 Å². The Kier molecular flexibility index (Phi) is 15.0. The Bertz CT molecular complexity index is 2010. The number of aromatic nitrogens is 2. The van der Waals surface area contributed by atoms with Crippen LogP contribution in [0.25, 0.3) is 0 Å². The standard InChI is InChI=1S/C45H56N6O9/c1-42(2,3)59-37(54)25-24-34(38(55)46-27-36(52)53)48-40(57)44(7,8)50-39(56)35(49-41(58)60-43(4,5)6)26-33-28-51(29-47-33)45(30-18-12-9-13-19-30,31-20-14-10-15-21-31)32-22-16-11-17-23-32/h9-23,28-29,34-35H,24-27H2,1-8H3,(H,46,55)(H,48,57)(H,49,58)(H,50,56)(H,52,53)/t34-,35-/m0/s1. The minimum absolute atomic E-state index is 0.125. The molecule has 60 heavy (non-hydrogen) atoms. The number of amides is 4. The molecule has 0 aliphatic heterocycles. The number of alkyl carbamates (subject to hydrolysis) is 1. The highest BCUT2D eigenvalue weighted by Gasteiger charge is 2.40. The molecule has 4 amide bonds. The van der Waals surface area contributed by atoms with Crippen molar-refractivity contribution in [3.05, 3.63) is 126 Å². The number of imidazole rings is 1. The zero-order valence-corrected chi connectivity index (χ0v) is 35.4. The average molecular weight is 825 g/mol. The molecule has 0 spiro atoms. The lowest BCUT2D eigenvalue weighted by molar-refractivity contribution is -0.155. The molecule has 0 fully saturated rings. The fourth-order valence-electron chi connectivity index (χ4n) is 6.51. The van der Waals surface area contributed by atoms with Gasteiger partial charge in [0.1, 0.15) is 40.9 Å². The number of carboxylic acids is 1. The lowest BCUT2D eigenvalue weighted by Crippen LogP contribution is -2.62. The minimum Gasteiger partial charge on any atom is -0.480 e. The van der Waals surface area contributed by atoms with Crippen molar-refractivity contribution in [3.63, 3.8) is 0 Å². The number of rotatable bonds is 17. The van der Waals surface area contributed by atoms with Gasteiger partial charge in [-0.1, -0.05) is 91.0 Å². The van der Waals surface area contributed by atoms with Crippen LogP contribution in [0.15, 0.2) is 104 Å². The predicted molar refractivity (Wildman–Crippen MR) is 224 cm³/mol. The summed E-state index contributed by atoms with van der Waals surface area (Å²) in [6, 6.07) is 27.1. The number of hydrogen-bond acceptors (Lipinski definition) is 9. The highest BCUT2D eigenvalue weighted by Crippen LogP contribution is 2.40. The van der Waals surface area contributed by atoms with Crippen molar-refractivity contribution in [2.75, 3.05) is 6.54 Å². The first kappa shape index (κ1) is 46.2. The lowest BCUT2D eigenvalue weighted by atomic mass is 9.77. The fourth-order valence-corrected chi connectivity index (χ4v) is 6.51. The van der Waals surface area contributed by atoms with Crippen LogP contribution in [0.1, 0.15) is 90.6 Å². The summed E-state index contributed by atoms with van der Waals surface area (Å²) in [6.45, 7) is 12.1. The Balaban J connectivity index is 1.66. The Labute approximate surface area is 350 Å². The van der Waals surface area contributed by atoms with Crippen LogP contribution in [0.5, 0.6) is 0 Å².